The molecule has 0 bridgehead atoms. The Morgan fingerprint density at radius 1 is 1.50 bits per heavy atom. The molecule has 1 heterocycles. The molecule has 1 aromatic carbocycles. The van der Waals surface area contributed by atoms with E-state index < -0.39 is 0 Å². The van der Waals surface area contributed by atoms with E-state index in [1.54, 1.807) is 16.7 Å². The minimum atomic E-state index is -0.298. The number of fused-ring (bicyclic) bond motifs is 1. The second-order valence-electron chi connectivity index (χ2n) is 5.26. The topological polar surface area (TPSA) is 20.3 Å². The highest BCUT2D eigenvalue weighted by molar-refractivity contribution is 8.01. The van der Waals surface area contributed by atoms with Crippen LogP contribution >= 0.6 is 23.4 Å². The lowest BCUT2D eigenvalue weighted by Crippen LogP contribution is -2.49. The lowest BCUT2D eigenvalue weighted by atomic mass is 10.0. The molecule has 98 valence electrons. The Hall–Kier alpha value is -0.670. The number of carbonyl (C=O) groups is 1. The number of rotatable bonds is 3. The van der Waals surface area contributed by atoms with Gasteiger partial charge in [-0.25, -0.2) is 0 Å². The van der Waals surface area contributed by atoms with Crippen LogP contribution in [0.3, 0.4) is 0 Å². The maximum Gasteiger partial charge on any atom is 0.236 e. The molecule has 1 aromatic rings. The van der Waals surface area contributed by atoms with E-state index in [0.29, 0.717) is 5.88 Å². The van der Waals surface area contributed by atoms with Gasteiger partial charge >= 0.3 is 0 Å². The molecule has 1 atom stereocenters. The van der Waals surface area contributed by atoms with Crippen molar-refractivity contribution in [1.82, 2.24) is 4.90 Å². The Labute approximate surface area is 118 Å². The summed E-state index contributed by atoms with van der Waals surface area (Å²) in [4.78, 5) is 15.5. The lowest BCUT2D eigenvalue weighted by Gasteiger charge is -2.35. The van der Waals surface area contributed by atoms with E-state index in [1.165, 1.54) is 10.5 Å². The SMILES string of the molecule is CN(C(=O)C1Cc2ccccc2S1)C(C)(C)CCl. The van der Waals surface area contributed by atoms with Crippen molar-refractivity contribution in [1.29, 1.82) is 0 Å². The highest BCUT2D eigenvalue weighted by atomic mass is 35.5. The van der Waals surface area contributed by atoms with Gasteiger partial charge in [0.05, 0.1) is 10.8 Å². The maximum atomic E-state index is 12.5. The minimum Gasteiger partial charge on any atom is -0.338 e. The van der Waals surface area contributed by atoms with Gasteiger partial charge in [0.15, 0.2) is 0 Å². The van der Waals surface area contributed by atoms with Crippen LogP contribution in [0.15, 0.2) is 29.2 Å². The Bertz CT molecular complexity index is 436. The van der Waals surface area contributed by atoms with Crippen LogP contribution in [0.2, 0.25) is 0 Å². The Morgan fingerprint density at radius 2 is 2.17 bits per heavy atom. The van der Waals surface area contributed by atoms with E-state index in [-0.39, 0.29) is 16.7 Å². The molecule has 0 saturated heterocycles. The van der Waals surface area contributed by atoms with Gasteiger partial charge in [0.1, 0.15) is 0 Å². The van der Waals surface area contributed by atoms with Gasteiger partial charge in [0.25, 0.3) is 0 Å². The summed E-state index contributed by atoms with van der Waals surface area (Å²) < 4.78 is 0. The quantitative estimate of drug-likeness (QED) is 0.794. The summed E-state index contributed by atoms with van der Waals surface area (Å²) in [6, 6.07) is 8.23. The normalized spacial score (nSPS) is 18.6. The molecular formula is C14H18ClNOS. The first kappa shape index (κ1) is 13.8. The van der Waals surface area contributed by atoms with Crippen LogP contribution in [0.25, 0.3) is 0 Å². The number of thioether (sulfide) groups is 1. The summed E-state index contributed by atoms with van der Waals surface area (Å²) in [6.45, 7) is 3.98. The first-order chi connectivity index (χ1) is 8.45. The van der Waals surface area contributed by atoms with Crippen molar-refractivity contribution >= 4 is 29.3 Å². The molecule has 0 N–H and O–H groups in total. The first-order valence-electron chi connectivity index (χ1n) is 6.04. The molecule has 2 nitrogen and oxygen atoms in total. The number of benzene rings is 1. The second kappa shape index (κ2) is 5.14. The van der Waals surface area contributed by atoms with E-state index in [2.05, 4.69) is 12.1 Å². The molecule has 2 rings (SSSR count). The third kappa shape index (κ3) is 2.52. The van der Waals surface area contributed by atoms with Crippen molar-refractivity contribution in [3.8, 4) is 0 Å². The van der Waals surface area contributed by atoms with Gasteiger partial charge in [-0.2, -0.15) is 0 Å². The van der Waals surface area contributed by atoms with Crippen LogP contribution in [-0.2, 0) is 11.2 Å². The fourth-order valence-corrected chi connectivity index (χ4v) is 3.39. The molecule has 1 amide bonds. The van der Waals surface area contributed by atoms with E-state index in [1.807, 2.05) is 33.0 Å². The standard InChI is InChI=1S/C14H18ClNOS/c1-14(2,9-15)16(3)13(17)12-8-10-6-4-5-7-11(10)18-12/h4-7,12H,8-9H2,1-3H3. The maximum absolute atomic E-state index is 12.5. The largest absolute Gasteiger partial charge is 0.338 e. The summed E-state index contributed by atoms with van der Waals surface area (Å²) in [5.41, 5.74) is 0.978. The van der Waals surface area contributed by atoms with Crippen LogP contribution in [0.4, 0.5) is 0 Å². The zero-order valence-corrected chi connectivity index (χ0v) is 12.5. The number of halogens is 1. The lowest BCUT2D eigenvalue weighted by molar-refractivity contribution is -0.133. The fourth-order valence-electron chi connectivity index (χ4n) is 1.92. The molecule has 4 heteroatoms. The van der Waals surface area contributed by atoms with Gasteiger partial charge in [-0.15, -0.1) is 23.4 Å². The van der Waals surface area contributed by atoms with E-state index in [4.69, 9.17) is 11.6 Å². The van der Waals surface area contributed by atoms with Gasteiger partial charge in [-0.1, -0.05) is 18.2 Å². The molecule has 18 heavy (non-hydrogen) atoms. The Kier molecular flexibility index (Phi) is 3.93. The van der Waals surface area contributed by atoms with Gasteiger partial charge in [0, 0.05) is 17.8 Å². The number of nitrogens with zero attached hydrogens (tertiary/aromatic N) is 1. The van der Waals surface area contributed by atoms with Gasteiger partial charge < -0.3 is 4.90 Å². The van der Waals surface area contributed by atoms with Crippen molar-refractivity contribution < 1.29 is 4.79 Å². The van der Waals surface area contributed by atoms with Gasteiger partial charge in [0.2, 0.25) is 5.91 Å². The van der Waals surface area contributed by atoms with Crippen LogP contribution < -0.4 is 0 Å². The summed E-state index contributed by atoms with van der Waals surface area (Å²) >= 11 is 7.59. The molecule has 0 saturated carbocycles. The molecule has 0 aliphatic carbocycles. The molecule has 0 radical (unpaired) electrons. The summed E-state index contributed by atoms with van der Waals surface area (Å²) in [5.74, 6) is 0.612. The third-order valence-electron chi connectivity index (χ3n) is 3.49. The first-order valence-corrected chi connectivity index (χ1v) is 7.45. The van der Waals surface area contributed by atoms with Crippen LogP contribution in [0, 0.1) is 0 Å². The average molecular weight is 284 g/mol. The van der Waals surface area contributed by atoms with Crippen molar-refractivity contribution in [3.63, 3.8) is 0 Å². The molecule has 0 aromatic heterocycles. The summed E-state index contributed by atoms with van der Waals surface area (Å²) in [6.07, 6.45) is 0.822. The smallest absolute Gasteiger partial charge is 0.236 e. The monoisotopic (exact) mass is 283 g/mol. The average Bonchev–Trinajstić information content (AvgIpc) is 2.80. The van der Waals surface area contributed by atoms with E-state index in [0.717, 1.165) is 6.42 Å². The molecular weight excluding hydrogens is 266 g/mol. The highest BCUT2D eigenvalue weighted by Crippen LogP contribution is 2.38. The van der Waals surface area contributed by atoms with Crippen LogP contribution in [0.5, 0.6) is 0 Å². The molecule has 1 aliphatic heterocycles. The van der Waals surface area contributed by atoms with Crippen molar-refractivity contribution in [2.24, 2.45) is 0 Å². The zero-order valence-electron chi connectivity index (χ0n) is 10.9. The number of hydrogen-bond acceptors (Lipinski definition) is 2. The van der Waals surface area contributed by atoms with E-state index in [9.17, 15) is 4.79 Å². The Balaban J connectivity index is 2.10. The zero-order chi connectivity index (χ0) is 13.3. The summed E-state index contributed by atoms with van der Waals surface area (Å²) in [5, 5.41) is -0.00473. The van der Waals surface area contributed by atoms with Gasteiger partial charge in [-0.05, 0) is 31.9 Å². The highest BCUT2D eigenvalue weighted by Gasteiger charge is 2.35. The minimum absolute atomic E-state index is 0.00473. The molecule has 1 unspecified atom stereocenters. The predicted octanol–water partition coefficient (Wildman–Crippen LogP) is 3.18. The van der Waals surface area contributed by atoms with Crippen molar-refractivity contribution in [2.45, 2.75) is 36.0 Å². The number of alkyl halides is 1. The Morgan fingerprint density at radius 3 is 2.78 bits per heavy atom. The van der Waals surface area contributed by atoms with Crippen LogP contribution in [0.1, 0.15) is 19.4 Å². The number of hydrogen-bond donors (Lipinski definition) is 0. The second-order valence-corrected chi connectivity index (χ2v) is 6.77. The van der Waals surface area contributed by atoms with Gasteiger partial charge in [-0.3, -0.25) is 4.79 Å². The predicted molar refractivity (Wildman–Crippen MR) is 77.4 cm³/mol. The van der Waals surface area contributed by atoms with Crippen molar-refractivity contribution in [3.05, 3.63) is 29.8 Å². The fraction of sp³-hybridized carbons (Fsp3) is 0.500. The molecule has 1 aliphatic rings. The number of carbonyl (C=O) groups excluding carboxylic acids is 1. The van der Waals surface area contributed by atoms with Crippen molar-refractivity contribution in [2.75, 3.05) is 12.9 Å². The van der Waals surface area contributed by atoms with Crippen LogP contribution in [-0.4, -0.2) is 34.5 Å². The van der Waals surface area contributed by atoms with E-state index >= 15 is 0 Å². The third-order valence-corrected chi connectivity index (χ3v) is 5.45. The molecule has 0 fully saturated rings. The molecule has 0 spiro atoms. The summed E-state index contributed by atoms with van der Waals surface area (Å²) in [7, 11) is 1.84. The number of amides is 1.